The first-order valence-corrected chi connectivity index (χ1v) is 9.15. The summed E-state index contributed by atoms with van der Waals surface area (Å²) in [4.78, 5) is 22.3. The Balaban J connectivity index is 2.13. The Morgan fingerprint density at radius 1 is 1.16 bits per heavy atom. The van der Waals surface area contributed by atoms with Gasteiger partial charge in [-0.3, -0.25) is 14.9 Å². The molecule has 1 amide bonds. The van der Waals surface area contributed by atoms with Crippen LogP contribution in [0.5, 0.6) is 0 Å². The summed E-state index contributed by atoms with van der Waals surface area (Å²) in [5, 5.41) is 16.5. The molecule has 0 radical (unpaired) electrons. The highest BCUT2D eigenvalue weighted by Gasteiger charge is 2.19. The molecule has 0 atom stereocenters. The number of anilines is 2. The van der Waals surface area contributed by atoms with E-state index in [1.54, 1.807) is 12.1 Å². The molecule has 2 rings (SSSR count). The predicted molar refractivity (Wildman–Crippen MR) is 94.5 cm³/mol. The van der Waals surface area contributed by atoms with Crippen LogP contribution in [0.15, 0.2) is 47.4 Å². The van der Waals surface area contributed by atoms with Crippen LogP contribution in [0.25, 0.3) is 0 Å². The number of nitrogens with one attached hydrogen (secondary N) is 2. The highest BCUT2D eigenvalue weighted by Crippen LogP contribution is 2.27. The molecular weight excluding hydrogens is 346 g/mol. The van der Waals surface area contributed by atoms with Crippen LogP contribution in [0, 0.1) is 17.0 Å². The number of hydrogen-bond donors (Lipinski definition) is 2. The predicted octanol–water partition coefficient (Wildman–Crippen LogP) is 2.36. The van der Waals surface area contributed by atoms with Crippen molar-refractivity contribution in [3.63, 3.8) is 0 Å². The molecule has 0 unspecified atom stereocenters. The minimum absolute atomic E-state index is 0.0670. The van der Waals surface area contributed by atoms with E-state index in [1.165, 1.54) is 12.1 Å². The molecule has 2 N–H and O–H groups in total. The number of nitrogens with zero attached hydrogens (tertiary/aromatic N) is 1. The molecule has 0 aromatic heterocycles. The molecule has 2 aromatic rings. The molecule has 0 aliphatic rings. The van der Waals surface area contributed by atoms with E-state index in [9.17, 15) is 23.3 Å². The maximum Gasteiger partial charge on any atom is 0.293 e. The van der Waals surface area contributed by atoms with Crippen molar-refractivity contribution < 1.29 is 18.1 Å². The number of nitro groups is 1. The monoisotopic (exact) mass is 363 g/mol. The number of aryl methyl sites for hydroxylation is 1. The number of carbonyl (C=O) groups is 1. The lowest BCUT2D eigenvalue weighted by molar-refractivity contribution is -0.384. The van der Waals surface area contributed by atoms with Gasteiger partial charge in [0.05, 0.1) is 16.4 Å². The van der Waals surface area contributed by atoms with Crippen LogP contribution >= 0.6 is 0 Å². The third-order valence-electron chi connectivity index (χ3n) is 3.45. The second-order valence-electron chi connectivity index (χ2n) is 5.42. The first kappa shape index (κ1) is 18.4. The van der Waals surface area contributed by atoms with Gasteiger partial charge in [0.1, 0.15) is 5.69 Å². The quantitative estimate of drug-likeness (QED) is 0.601. The third kappa shape index (κ3) is 4.77. The summed E-state index contributed by atoms with van der Waals surface area (Å²) in [6.07, 6.45) is 0.967. The molecule has 0 bridgehead atoms. The molecule has 0 saturated heterocycles. The SMILES string of the molecule is Cc1ccccc1NC(=O)CNc1ccc(S(C)(=O)=O)cc1[N+](=O)[O-]. The molecule has 25 heavy (non-hydrogen) atoms. The average Bonchev–Trinajstić information content (AvgIpc) is 2.54. The maximum atomic E-state index is 12.0. The molecule has 0 fully saturated rings. The number of rotatable bonds is 6. The zero-order valence-corrected chi connectivity index (χ0v) is 14.5. The van der Waals surface area contributed by atoms with E-state index >= 15 is 0 Å². The fraction of sp³-hybridized carbons (Fsp3) is 0.188. The zero-order chi connectivity index (χ0) is 18.6. The second kappa shape index (κ2) is 7.31. The summed E-state index contributed by atoms with van der Waals surface area (Å²) in [5.41, 5.74) is 1.19. The number of benzene rings is 2. The van der Waals surface area contributed by atoms with Crippen molar-refractivity contribution in [2.45, 2.75) is 11.8 Å². The number of nitro benzene ring substituents is 1. The van der Waals surface area contributed by atoms with Crippen molar-refractivity contribution >= 4 is 32.8 Å². The summed E-state index contributed by atoms with van der Waals surface area (Å²) in [6.45, 7) is 1.64. The van der Waals surface area contributed by atoms with Crippen LogP contribution in [-0.2, 0) is 14.6 Å². The van der Waals surface area contributed by atoms with E-state index < -0.39 is 20.4 Å². The molecule has 132 valence electrons. The van der Waals surface area contributed by atoms with E-state index in [-0.39, 0.29) is 23.0 Å². The van der Waals surface area contributed by atoms with Gasteiger partial charge >= 0.3 is 0 Å². The summed E-state index contributed by atoms with van der Waals surface area (Å²) in [6, 6.07) is 10.7. The third-order valence-corrected chi connectivity index (χ3v) is 4.56. The lowest BCUT2D eigenvalue weighted by Crippen LogP contribution is -2.22. The Morgan fingerprint density at radius 2 is 1.84 bits per heavy atom. The molecule has 8 nitrogen and oxygen atoms in total. The average molecular weight is 363 g/mol. The number of amides is 1. The Morgan fingerprint density at radius 3 is 2.44 bits per heavy atom. The molecule has 0 aliphatic carbocycles. The van der Waals surface area contributed by atoms with E-state index in [0.717, 1.165) is 17.9 Å². The van der Waals surface area contributed by atoms with Gasteiger partial charge in [-0.2, -0.15) is 0 Å². The van der Waals surface area contributed by atoms with E-state index in [2.05, 4.69) is 10.6 Å². The number of sulfone groups is 1. The minimum atomic E-state index is -3.56. The van der Waals surface area contributed by atoms with E-state index in [0.29, 0.717) is 5.69 Å². The van der Waals surface area contributed by atoms with Crippen LogP contribution in [0.2, 0.25) is 0 Å². The smallest absolute Gasteiger partial charge is 0.293 e. The lowest BCUT2D eigenvalue weighted by atomic mass is 10.2. The van der Waals surface area contributed by atoms with Crippen LogP contribution < -0.4 is 10.6 Å². The summed E-state index contributed by atoms with van der Waals surface area (Å²) in [7, 11) is -3.56. The van der Waals surface area contributed by atoms with Crippen LogP contribution in [0.4, 0.5) is 17.1 Å². The van der Waals surface area contributed by atoms with E-state index in [4.69, 9.17) is 0 Å². The van der Waals surface area contributed by atoms with Gasteiger partial charge in [0, 0.05) is 18.0 Å². The van der Waals surface area contributed by atoms with Crippen molar-refractivity contribution in [2.75, 3.05) is 23.4 Å². The van der Waals surface area contributed by atoms with E-state index in [1.807, 2.05) is 19.1 Å². The molecule has 9 heteroatoms. The van der Waals surface area contributed by atoms with Crippen molar-refractivity contribution in [1.82, 2.24) is 0 Å². The number of carbonyl (C=O) groups excluding carboxylic acids is 1. The summed E-state index contributed by atoms with van der Waals surface area (Å²) in [5.74, 6) is -0.379. The van der Waals surface area contributed by atoms with Gasteiger partial charge < -0.3 is 10.6 Å². The molecule has 0 aliphatic heterocycles. The Kier molecular flexibility index (Phi) is 5.38. The normalized spacial score (nSPS) is 11.0. The zero-order valence-electron chi connectivity index (χ0n) is 13.6. The van der Waals surface area contributed by atoms with Gasteiger partial charge in [-0.05, 0) is 30.7 Å². The van der Waals surface area contributed by atoms with Gasteiger partial charge in [-0.25, -0.2) is 8.42 Å². The molecule has 0 spiro atoms. The Labute approximate surface area is 144 Å². The first-order chi connectivity index (χ1) is 11.7. The lowest BCUT2D eigenvalue weighted by Gasteiger charge is -2.10. The Hall–Kier alpha value is -2.94. The molecule has 0 saturated carbocycles. The number of hydrogen-bond acceptors (Lipinski definition) is 6. The van der Waals surface area contributed by atoms with Crippen LogP contribution in [-0.4, -0.2) is 32.0 Å². The van der Waals surface area contributed by atoms with Gasteiger partial charge in [0.15, 0.2) is 9.84 Å². The highest BCUT2D eigenvalue weighted by atomic mass is 32.2. The second-order valence-corrected chi connectivity index (χ2v) is 7.44. The Bertz CT molecular complexity index is 925. The highest BCUT2D eigenvalue weighted by molar-refractivity contribution is 7.90. The van der Waals surface area contributed by atoms with Gasteiger partial charge in [-0.1, -0.05) is 18.2 Å². The van der Waals surface area contributed by atoms with Crippen LogP contribution in [0.3, 0.4) is 0 Å². The van der Waals surface area contributed by atoms with Crippen molar-refractivity contribution in [2.24, 2.45) is 0 Å². The molecule has 2 aromatic carbocycles. The summed E-state index contributed by atoms with van der Waals surface area (Å²) >= 11 is 0. The topological polar surface area (TPSA) is 118 Å². The first-order valence-electron chi connectivity index (χ1n) is 7.26. The number of para-hydroxylation sites is 1. The van der Waals surface area contributed by atoms with Crippen molar-refractivity contribution in [3.05, 3.63) is 58.1 Å². The van der Waals surface area contributed by atoms with Gasteiger partial charge in [0.25, 0.3) is 5.69 Å². The fourth-order valence-electron chi connectivity index (χ4n) is 2.13. The van der Waals surface area contributed by atoms with Gasteiger partial charge in [0.2, 0.25) is 5.91 Å². The standard InChI is InChI=1S/C16H17N3O5S/c1-11-5-3-4-6-13(11)18-16(20)10-17-14-8-7-12(25(2,23)24)9-15(14)19(21)22/h3-9,17H,10H2,1-2H3,(H,18,20). The maximum absolute atomic E-state index is 12.0. The minimum Gasteiger partial charge on any atom is -0.371 e. The molecular formula is C16H17N3O5S. The van der Waals surface area contributed by atoms with Gasteiger partial charge in [-0.15, -0.1) is 0 Å². The van der Waals surface area contributed by atoms with Crippen molar-refractivity contribution in [3.8, 4) is 0 Å². The van der Waals surface area contributed by atoms with Crippen molar-refractivity contribution in [1.29, 1.82) is 0 Å². The van der Waals surface area contributed by atoms with Crippen LogP contribution in [0.1, 0.15) is 5.56 Å². The largest absolute Gasteiger partial charge is 0.371 e. The molecule has 0 heterocycles. The fourth-order valence-corrected chi connectivity index (χ4v) is 2.77. The summed E-state index contributed by atoms with van der Waals surface area (Å²) < 4.78 is 23.0.